The van der Waals surface area contributed by atoms with E-state index in [9.17, 15) is 4.79 Å². The molecule has 0 aliphatic carbocycles. The monoisotopic (exact) mass is 558 g/mol. The average molecular weight is 559 g/mol. The van der Waals surface area contributed by atoms with Crippen molar-refractivity contribution in [1.82, 2.24) is 29.6 Å². The van der Waals surface area contributed by atoms with Gasteiger partial charge in [0.15, 0.2) is 11.0 Å². The number of hydrogen-bond donors (Lipinski definition) is 0. The minimum absolute atomic E-state index is 0.0245. The molecule has 190 valence electrons. The number of pyridine rings is 1. The van der Waals surface area contributed by atoms with E-state index in [2.05, 4.69) is 38.4 Å². The van der Waals surface area contributed by atoms with Gasteiger partial charge in [0.2, 0.25) is 0 Å². The molecule has 4 heterocycles. The first-order valence-corrected chi connectivity index (χ1v) is 14.4. The molecule has 1 aliphatic heterocycles. The maximum Gasteiger partial charge on any atom is 0.273 e. The minimum Gasteiger partial charge on any atom is -0.333 e. The molecule has 3 aromatic heterocycles. The second-order valence-corrected chi connectivity index (χ2v) is 11.3. The lowest BCUT2D eigenvalue weighted by molar-refractivity contribution is 0.0729. The fourth-order valence-corrected chi connectivity index (χ4v) is 6.42. The molecule has 0 unspecified atom stereocenters. The van der Waals surface area contributed by atoms with Gasteiger partial charge in [0, 0.05) is 41.4 Å². The third kappa shape index (κ3) is 4.97. The first-order valence-electron chi connectivity index (χ1n) is 12.1. The van der Waals surface area contributed by atoms with Gasteiger partial charge in [-0.1, -0.05) is 53.7 Å². The Kier molecular flexibility index (Phi) is 6.97. The number of nitrogens with zero attached hydrogens (tertiary/aromatic N) is 6. The summed E-state index contributed by atoms with van der Waals surface area (Å²) in [5.74, 6) is 1.22. The summed E-state index contributed by atoms with van der Waals surface area (Å²) in [6.07, 6.45) is 4.37. The van der Waals surface area contributed by atoms with E-state index < -0.39 is 0 Å². The summed E-state index contributed by atoms with van der Waals surface area (Å²) in [5, 5.41) is 13.0. The maximum absolute atomic E-state index is 13.2. The highest BCUT2D eigenvalue weighted by Gasteiger charge is 2.24. The number of halogens is 1. The van der Waals surface area contributed by atoms with Gasteiger partial charge in [-0.15, -0.1) is 21.5 Å². The fraction of sp³-hybridized carbons (Fsp3) is 0.179. The zero-order chi connectivity index (χ0) is 26.1. The molecule has 0 spiro atoms. The number of fused-ring (bicyclic) bond motifs is 1. The Balaban J connectivity index is 1.23. The highest BCUT2D eigenvalue weighted by molar-refractivity contribution is 7.98. The quantitative estimate of drug-likeness (QED) is 0.230. The van der Waals surface area contributed by atoms with Crippen molar-refractivity contribution in [2.75, 3.05) is 6.54 Å². The fourth-order valence-electron chi connectivity index (χ4n) is 4.52. The number of benzene rings is 2. The van der Waals surface area contributed by atoms with Crippen LogP contribution in [0.4, 0.5) is 0 Å². The smallest absolute Gasteiger partial charge is 0.273 e. The molecule has 1 aliphatic rings. The second-order valence-electron chi connectivity index (χ2n) is 8.97. The van der Waals surface area contributed by atoms with Crippen LogP contribution in [-0.4, -0.2) is 42.1 Å². The first-order chi connectivity index (χ1) is 18.6. The number of thiazole rings is 1. The van der Waals surface area contributed by atoms with Crippen LogP contribution in [-0.2, 0) is 18.7 Å². The number of rotatable bonds is 6. The van der Waals surface area contributed by atoms with Gasteiger partial charge in [-0.05, 0) is 54.3 Å². The number of thioether (sulfide) groups is 1. The summed E-state index contributed by atoms with van der Waals surface area (Å²) < 4.78 is 2.01. The van der Waals surface area contributed by atoms with Crippen LogP contribution in [0.1, 0.15) is 32.2 Å². The molecule has 0 bridgehead atoms. The topological polar surface area (TPSA) is 76.8 Å². The summed E-state index contributed by atoms with van der Waals surface area (Å²) in [4.78, 5) is 24.0. The summed E-state index contributed by atoms with van der Waals surface area (Å²) in [5.41, 5.74) is 5.83. The normalized spacial score (nSPS) is 12.9. The Bertz CT molecular complexity index is 1620. The lowest BCUT2D eigenvalue weighted by Gasteiger charge is -2.28. The zero-order valence-corrected chi connectivity index (χ0v) is 22.9. The Hall–Kier alpha value is -3.53. The Morgan fingerprint density at radius 2 is 1.97 bits per heavy atom. The van der Waals surface area contributed by atoms with E-state index in [0.717, 1.165) is 28.2 Å². The van der Waals surface area contributed by atoms with Crippen molar-refractivity contribution in [3.8, 4) is 17.1 Å². The van der Waals surface area contributed by atoms with Gasteiger partial charge in [0.25, 0.3) is 5.91 Å². The van der Waals surface area contributed by atoms with E-state index in [1.54, 1.807) is 12.4 Å². The molecule has 7 nitrogen and oxygen atoms in total. The van der Waals surface area contributed by atoms with Gasteiger partial charge in [0.1, 0.15) is 10.7 Å². The molecule has 0 N–H and O–H groups in total. The van der Waals surface area contributed by atoms with Gasteiger partial charge in [-0.25, -0.2) is 4.98 Å². The summed E-state index contributed by atoms with van der Waals surface area (Å²) in [6, 6.07) is 17.9. The van der Waals surface area contributed by atoms with Gasteiger partial charge in [-0.2, -0.15) is 0 Å². The van der Waals surface area contributed by atoms with Crippen molar-refractivity contribution in [3.05, 3.63) is 105 Å². The molecule has 6 rings (SSSR count). The van der Waals surface area contributed by atoms with E-state index >= 15 is 0 Å². The van der Waals surface area contributed by atoms with Crippen molar-refractivity contribution in [3.63, 3.8) is 0 Å². The SMILES string of the molecule is Cc1ccc(Cl)cc1-n1c(SCc2nc(C(=O)N3CCc4ccccc4C3)cs2)nnc1-c1cccnc1. The van der Waals surface area contributed by atoms with Crippen molar-refractivity contribution >= 4 is 40.6 Å². The molecule has 2 aromatic carbocycles. The minimum atomic E-state index is -0.0245. The molecule has 38 heavy (non-hydrogen) atoms. The molecular weight excluding hydrogens is 536 g/mol. The van der Waals surface area contributed by atoms with Crippen LogP contribution in [0.25, 0.3) is 17.1 Å². The second kappa shape index (κ2) is 10.7. The third-order valence-electron chi connectivity index (χ3n) is 6.48. The largest absolute Gasteiger partial charge is 0.333 e. The lowest BCUT2D eigenvalue weighted by Crippen LogP contribution is -2.36. The maximum atomic E-state index is 13.2. The van der Waals surface area contributed by atoms with Gasteiger partial charge >= 0.3 is 0 Å². The Morgan fingerprint density at radius 3 is 2.82 bits per heavy atom. The highest BCUT2D eigenvalue weighted by Crippen LogP contribution is 2.32. The van der Waals surface area contributed by atoms with Gasteiger partial charge in [0.05, 0.1) is 11.4 Å². The van der Waals surface area contributed by atoms with E-state index in [1.807, 2.05) is 58.2 Å². The predicted molar refractivity (Wildman–Crippen MR) is 151 cm³/mol. The molecule has 0 saturated carbocycles. The molecule has 5 aromatic rings. The zero-order valence-electron chi connectivity index (χ0n) is 20.5. The van der Waals surface area contributed by atoms with E-state index in [1.165, 1.54) is 34.2 Å². The van der Waals surface area contributed by atoms with Crippen LogP contribution >= 0.6 is 34.7 Å². The number of hydrogen-bond acceptors (Lipinski definition) is 7. The highest BCUT2D eigenvalue weighted by atomic mass is 35.5. The number of carbonyl (C=O) groups excluding carboxylic acids is 1. The van der Waals surface area contributed by atoms with Crippen LogP contribution in [0, 0.1) is 6.92 Å². The number of aryl methyl sites for hydroxylation is 1. The summed E-state index contributed by atoms with van der Waals surface area (Å²) in [7, 11) is 0. The Labute approximate surface area is 233 Å². The van der Waals surface area contributed by atoms with E-state index in [-0.39, 0.29) is 5.91 Å². The number of amides is 1. The van der Waals surface area contributed by atoms with Gasteiger partial charge < -0.3 is 4.90 Å². The summed E-state index contributed by atoms with van der Waals surface area (Å²) in [6.45, 7) is 3.36. The number of aromatic nitrogens is 5. The third-order valence-corrected chi connectivity index (χ3v) is 8.69. The molecule has 1 amide bonds. The first kappa shape index (κ1) is 24.8. The van der Waals surface area contributed by atoms with Crippen molar-refractivity contribution in [2.45, 2.75) is 30.8 Å². The van der Waals surface area contributed by atoms with Crippen LogP contribution in [0.3, 0.4) is 0 Å². The number of carbonyl (C=O) groups is 1. The van der Waals surface area contributed by atoms with Gasteiger partial charge in [-0.3, -0.25) is 14.3 Å². The molecular formula is C28H23ClN6OS2. The Morgan fingerprint density at radius 1 is 1.11 bits per heavy atom. The average Bonchev–Trinajstić information content (AvgIpc) is 3.60. The van der Waals surface area contributed by atoms with Crippen molar-refractivity contribution in [2.24, 2.45) is 0 Å². The van der Waals surface area contributed by atoms with Crippen LogP contribution in [0.5, 0.6) is 0 Å². The molecule has 10 heteroatoms. The van der Waals surface area contributed by atoms with Crippen LogP contribution in [0.2, 0.25) is 5.02 Å². The van der Waals surface area contributed by atoms with Crippen LogP contribution in [0.15, 0.2) is 77.5 Å². The summed E-state index contributed by atoms with van der Waals surface area (Å²) >= 11 is 9.38. The van der Waals surface area contributed by atoms with E-state index in [4.69, 9.17) is 11.6 Å². The molecule has 0 fully saturated rings. The lowest BCUT2D eigenvalue weighted by atomic mass is 10.00. The standard InChI is InChI=1S/C28H23ClN6OS2/c1-18-8-9-22(29)13-24(18)35-26(20-7-4-11-30-14-20)32-33-28(35)38-17-25-31-23(16-37-25)27(36)34-12-10-19-5-2-3-6-21(19)15-34/h2-9,11,13-14,16H,10,12,15,17H2,1H3. The van der Waals surface area contributed by atoms with Crippen molar-refractivity contribution < 1.29 is 4.79 Å². The van der Waals surface area contributed by atoms with E-state index in [0.29, 0.717) is 40.5 Å². The predicted octanol–water partition coefficient (Wildman–Crippen LogP) is 6.24. The van der Waals surface area contributed by atoms with Crippen LogP contribution < -0.4 is 0 Å². The molecule has 0 atom stereocenters. The molecule has 0 radical (unpaired) electrons. The molecule has 0 saturated heterocycles. The van der Waals surface area contributed by atoms with Crippen molar-refractivity contribution in [1.29, 1.82) is 0 Å².